The fourth-order valence-electron chi connectivity index (χ4n) is 7.76. The molecule has 1 atom stereocenters. The van der Waals surface area contributed by atoms with Crippen LogP contribution in [0.5, 0.6) is 0 Å². The van der Waals surface area contributed by atoms with Gasteiger partial charge < -0.3 is 24.3 Å². The van der Waals surface area contributed by atoms with Crippen LogP contribution in [0.25, 0.3) is 0 Å². The predicted octanol–water partition coefficient (Wildman–Crippen LogP) is 3.92. The van der Waals surface area contributed by atoms with Crippen molar-refractivity contribution in [1.82, 2.24) is 20.0 Å². The van der Waals surface area contributed by atoms with E-state index in [1.807, 2.05) is 25.7 Å². The molecule has 11 heteroatoms. The highest BCUT2D eigenvalue weighted by Gasteiger charge is 2.42. The van der Waals surface area contributed by atoms with Gasteiger partial charge in [-0.15, -0.1) is 0 Å². The molecule has 240 valence electrons. The van der Waals surface area contributed by atoms with Crippen molar-refractivity contribution in [3.05, 3.63) is 29.1 Å². The number of amides is 4. The average Bonchev–Trinajstić information content (AvgIpc) is 3.31. The number of nitrogens with zero attached hydrogens (tertiary/aromatic N) is 4. The van der Waals surface area contributed by atoms with E-state index in [1.54, 1.807) is 12.1 Å². The highest BCUT2D eigenvalue weighted by molar-refractivity contribution is 6.05. The molecule has 4 fully saturated rings. The number of hydrogen-bond acceptors (Lipinski definition) is 7. The van der Waals surface area contributed by atoms with Crippen LogP contribution in [0.2, 0.25) is 0 Å². The van der Waals surface area contributed by atoms with E-state index in [9.17, 15) is 19.2 Å². The van der Waals surface area contributed by atoms with Gasteiger partial charge in [-0.25, -0.2) is 9.18 Å². The third-order valence-corrected chi connectivity index (χ3v) is 10.5. The highest BCUT2D eigenvalue weighted by atomic mass is 19.1. The van der Waals surface area contributed by atoms with E-state index in [0.717, 1.165) is 71.5 Å². The monoisotopic (exact) mass is 611 g/mol. The average molecular weight is 612 g/mol. The Morgan fingerprint density at radius 3 is 2.27 bits per heavy atom. The highest BCUT2D eigenvalue weighted by Crippen LogP contribution is 2.42. The fraction of sp³-hybridized carbons (Fsp3) is 0.697. The number of benzene rings is 1. The standard InChI is InChI=1S/C33H46FN5O5/c1-32(2,3)44-31(43)38-18-12-33(13-19-38)10-16-36(17-11-33)20-22-8-14-37(15-9-22)25-5-4-23-24(28(25)34)21-39(30(23)42)26-6-7-27(40)35-29(26)41/h4-5,22,26H,6-21H2,1-3H3,(H,35,40,41). The maximum absolute atomic E-state index is 15.8. The van der Waals surface area contributed by atoms with Crippen LogP contribution in [0.4, 0.5) is 14.9 Å². The summed E-state index contributed by atoms with van der Waals surface area (Å²) >= 11 is 0. The molecular weight excluding hydrogens is 565 g/mol. The molecule has 5 aliphatic heterocycles. The minimum atomic E-state index is -0.749. The zero-order chi connectivity index (χ0) is 31.2. The minimum Gasteiger partial charge on any atom is -0.444 e. The lowest BCUT2D eigenvalue weighted by atomic mass is 9.71. The SMILES string of the molecule is CC(C)(C)OC(=O)N1CCC2(CCN(CC3CCN(c4ccc5c(c4F)CN(C4CCC(=O)NC4=O)C5=O)CC3)CC2)CC1. The van der Waals surface area contributed by atoms with Crippen LogP contribution in [0.1, 0.15) is 88.1 Å². The van der Waals surface area contributed by atoms with Crippen LogP contribution < -0.4 is 10.2 Å². The van der Waals surface area contributed by atoms with E-state index in [-0.39, 0.29) is 43.1 Å². The molecule has 1 aromatic carbocycles. The van der Waals surface area contributed by atoms with Gasteiger partial charge in [0, 0.05) is 50.3 Å². The molecule has 1 N–H and O–H groups in total. The lowest BCUT2D eigenvalue weighted by molar-refractivity contribution is -0.136. The van der Waals surface area contributed by atoms with Crippen molar-refractivity contribution < 1.29 is 28.3 Å². The number of rotatable bonds is 4. The van der Waals surface area contributed by atoms with Gasteiger partial charge in [-0.05, 0) is 102 Å². The van der Waals surface area contributed by atoms with Gasteiger partial charge in [0.2, 0.25) is 11.8 Å². The summed E-state index contributed by atoms with van der Waals surface area (Å²) in [5.41, 5.74) is 1.05. The minimum absolute atomic E-state index is 0.0477. The van der Waals surface area contributed by atoms with E-state index in [4.69, 9.17) is 4.74 Å². The Morgan fingerprint density at radius 2 is 1.64 bits per heavy atom. The zero-order valence-corrected chi connectivity index (χ0v) is 26.3. The molecule has 0 saturated carbocycles. The van der Waals surface area contributed by atoms with Crippen molar-refractivity contribution in [3.63, 3.8) is 0 Å². The maximum Gasteiger partial charge on any atom is 0.410 e. The van der Waals surface area contributed by atoms with Crippen molar-refractivity contribution >= 4 is 29.5 Å². The Bertz CT molecular complexity index is 1300. The summed E-state index contributed by atoms with van der Waals surface area (Å²) in [7, 11) is 0. The number of likely N-dealkylation sites (tertiary alicyclic amines) is 2. The van der Waals surface area contributed by atoms with E-state index in [0.29, 0.717) is 28.1 Å². The van der Waals surface area contributed by atoms with Crippen LogP contribution in [0.15, 0.2) is 12.1 Å². The summed E-state index contributed by atoms with van der Waals surface area (Å²) in [6.07, 6.45) is 6.64. The van der Waals surface area contributed by atoms with Crippen LogP contribution in [-0.4, -0.2) is 96.0 Å². The summed E-state index contributed by atoms with van der Waals surface area (Å²) in [4.78, 5) is 57.4. The number of nitrogens with one attached hydrogen (secondary N) is 1. The van der Waals surface area contributed by atoms with Crippen molar-refractivity contribution in [2.24, 2.45) is 11.3 Å². The van der Waals surface area contributed by atoms with Crippen LogP contribution in [-0.2, 0) is 20.9 Å². The molecule has 5 aliphatic rings. The van der Waals surface area contributed by atoms with Crippen molar-refractivity contribution in [2.45, 2.75) is 90.3 Å². The Hall–Kier alpha value is -3.21. The number of anilines is 1. The lowest BCUT2D eigenvalue weighted by Gasteiger charge is -2.47. The first-order valence-corrected chi connectivity index (χ1v) is 16.3. The smallest absolute Gasteiger partial charge is 0.410 e. The molecule has 10 nitrogen and oxygen atoms in total. The van der Waals surface area contributed by atoms with E-state index >= 15 is 4.39 Å². The topological polar surface area (TPSA) is 102 Å². The first-order valence-electron chi connectivity index (χ1n) is 16.3. The molecule has 4 amide bonds. The molecule has 44 heavy (non-hydrogen) atoms. The first-order chi connectivity index (χ1) is 20.9. The first kappa shape index (κ1) is 30.8. The van der Waals surface area contributed by atoms with Crippen molar-refractivity contribution in [3.8, 4) is 0 Å². The molecule has 5 heterocycles. The maximum atomic E-state index is 15.8. The number of fused-ring (bicyclic) bond motifs is 1. The van der Waals surface area contributed by atoms with Gasteiger partial charge >= 0.3 is 6.09 Å². The molecule has 1 unspecified atom stereocenters. The number of imide groups is 1. The largest absolute Gasteiger partial charge is 0.444 e. The molecule has 6 rings (SSSR count). The summed E-state index contributed by atoms with van der Waals surface area (Å²) in [6.45, 7) is 12.1. The van der Waals surface area contributed by atoms with Gasteiger partial charge in [0.15, 0.2) is 5.82 Å². The van der Waals surface area contributed by atoms with Crippen molar-refractivity contribution in [1.29, 1.82) is 0 Å². The molecular formula is C33H46FN5O5. The second-order valence-corrected chi connectivity index (χ2v) is 14.5. The summed E-state index contributed by atoms with van der Waals surface area (Å²) < 4.78 is 21.4. The van der Waals surface area contributed by atoms with E-state index in [1.165, 1.54) is 17.7 Å². The van der Waals surface area contributed by atoms with Gasteiger partial charge in [0.05, 0.1) is 12.2 Å². The summed E-state index contributed by atoms with van der Waals surface area (Å²) in [6, 6.07) is 2.65. The number of piperidine rings is 4. The lowest BCUT2D eigenvalue weighted by Crippen LogP contribution is -2.52. The van der Waals surface area contributed by atoms with E-state index < -0.39 is 17.6 Å². The number of carbonyl (C=O) groups excluding carboxylic acids is 4. The number of ether oxygens (including phenoxy) is 1. The third kappa shape index (κ3) is 6.30. The fourth-order valence-corrected chi connectivity index (χ4v) is 7.76. The third-order valence-electron chi connectivity index (χ3n) is 10.5. The second-order valence-electron chi connectivity index (χ2n) is 14.5. The zero-order valence-electron chi connectivity index (χ0n) is 26.3. The molecule has 0 aromatic heterocycles. The number of carbonyl (C=O) groups is 4. The van der Waals surface area contributed by atoms with Gasteiger partial charge in [0.1, 0.15) is 11.6 Å². The Balaban J connectivity index is 0.973. The molecule has 0 radical (unpaired) electrons. The summed E-state index contributed by atoms with van der Waals surface area (Å²) in [5, 5.41) is 2.30. The number of halogens is 1. The Kier molecular flexibility index (Phi) is 8.36. The molecule has 0 aliphatic carbocycles. The van der Waals surface area contributed by atoms with Gasteiger partial charge in [-0.2, -0.15) is 0 Å². The van der Waals surface area contributed by atoms with Crippen molar-refractivity contribution in [2.75, 3.05) is 50.7 Å². The normalized spacial score (nSPS) is 25.0. The van der Waals surface area contributed by atoms with Crippen LogP contribution >= 0.6 is 0 Å². The van der Waals surface area contributed by atoms with Gasteiger partial charge in [0.25, 0.3) is 5.91 Å². The Morgan fingerprint density at radius 1 is 0.977 bits per heavy atom. The number of hydrogen-bond donors (Lipinski definition) is 1. The molecule has 1 spiro atoms. The van der Waals surface area contributed by atoms with Gasteiger partial charge in [-0.1, -0.05) is 0 Å². The predicted molar refractivity (Wildman–Crippen MR) is 163 cm³/mol. The van der Waals surface area contributed by atoms with Crippen LogP contribution in [0, 0.1) is 17.2 Å². The molecule has 0 bridgehead atoms. The Labute approximate surface area is 259 Å². The second kappa shape index (κ2) is 11.9. The van der Waals surface area contributed by atoms with Gasteiger partial charge in [-0.3, -0.25) is 19.7 Å². The quantitative estimate of drug-likeness (QED) is 0.515. The molecule has 4 saturated heterocycles. The van der Waals surface area contributed by atoms with E-state index in [2.05, 4.69) is 15.1 Å². The van der Waals surface area contributed by atoms with Crippen LogP contribution in [0.3, 0.4) is 0 Å². The summed E-state index contributed by atoms with van der Waals surface area (Å²) in [5.74, 6) is -0.985. The molecule has 1 aromatic rings.